The van der Waals surface area contributed by atoms with Crippen LogP contribution >= 0.6 is 0 Å². The van der Waals surface area contributed by atoms with Crippen molar-refractivity contribution in [1.29, 1.82) is 0 Å². The number of rotatable bonds is 12. The topological polar surface area (TPSA) is 61.8 Å². The van der Waals surface area contributed by atoms with Crippen LogP contribution in [0, 0.1) is 0 Å². The number of ether oxygens (including phenoxy) is 2. The molecule has 2 aromatic carbocycles. The zero-order chi connectivity index (χ0) is 18.8. The highest BCUT2D eigenvalue weighted by Crippen LogP contribution is 2.19. The zero-order valence-electron chi connectivity index (χ0n) is 15.5. The van der Waals surface area contributed by atoms with Gasteiger partial charge in [-0.15, -0.1) is 0 Å². The van der Waals surface area contributed by atoms with E-state index in [0.717, 1.165) is 25.5 Å². The van der Waals surface area contributed by atoms with Crippen molar-refractivity contribution < 1.29 is 22.1 Å². The predicted molar refractivity (Wildman–Crippen MR) is 104 cm³/mol. The lowest BCUT2D eigenvalue weighted by Gasteiger charge is -2.16. The van der Waals surface area contributed by atoms with Gasteiger partial charge in [-0.3, -0.25) is 4.18 Å². The molecule has 0 saturated carbocycles. The van der Waals surface area contributed by atoms with Gasteiger partial charge in [0.1, 0.15) is 6.10 Å². The SMILES string of the molecule is CCCOCC(COCCCc1cccc2ccccc12)OS(C)(=O)=O. The standard InChI is InChI=1S/C20H28O5S/c1-3-13-23-15-19(25-26(2,21)22)16-24-14-7-11-18-10-6-9-17-8-4-5-12-20(17)18/h4-6,8-10,12,19H,3,7,11,13-16H2,1-2H3. The molecule has 6 heteroatoms. The smallest absolute Gasteiger partial charge is 0.264 e. The van der Waals surface area contributed by atoms with Crippen molar-refractivity contribution in [2.75, 3.05) is 32.7 Å². The van der Waals surface area contributed by atoms with E-state index >= 15 is 0 Å². The Bertz CT molecular complexity index is 767. The summed E-state index contributed by atoms with van der Waals surface area (Å²) < 4.78 is 38.7. The van der Waals surface area contributed by atoms with Crippen LogP contribution in [-0.4, -0.2) is 47.2 Å². The maximum atomic E-state index is 11.3. The summed E-state index contributed by atoms with van der Waals surface area (Å²) in [5, 5.41) is 2.50. The van der Waals surface area contributed by atoms with Crippen molar-refractivity contribution in [3.63, 3.8) is 0 Å². The molecule has 144 valence electrons. The second kappa shape index (κ2) is 10.6. The summed E-state index contributed by atoms with van der Waals surface area (Å²) in [4.78, 5) is 0. The Kier molecular flexibility index (Phi) is 8.51. The number of hydrogen-bond donors (Lipinski definition) is 0. The fourth-order valence-electron chi connectivity index (χ4n) is 2.80. The van der Waals surface area contributed by atoms with E-state index in [1.165, 1.54) is 16.3 Å². The Morgan fingerprint density at radius 1 is 0.962 bits per heavy atom. The van der Waals surface area contributed by atoms with Gasteiger partial charge in [0.25, 0.3) is 10.1 Å². The molecule has 1 unspecified atom stereocenters. The Balaban J connectivity index is 1.78. The Hall–Kier alpha value is -1.47. The molecule has 0 spiro atoms. The summed E-state index contributed by atoms with van der Waals surface area (Å²) in [5.41, 5.74) is 1.29. The van der Waals surface area contributed by atoms with Crippen LogP contribution in [0.25, 0.3) is 10.8 Å². The van der Waals surface area contributed by atoms with Gasteiger partial charge in [-0.1, -0.05) is 49.4 Å². The third-order valence-electron chi connectivity index (χ3n) is 3.88. The fraction of sp³-hybridized carbons (Fsp3) is 0.500. The summed E-state index contributed by atoms with van der Waals surface area (Å²) in [5.74, 6) is 0. The molecule has 0 bridgehead atoms. The van der Waals surface area contributed by atoms with Gasteiger partial charge < -0.3 is 9.47 Å². The molecule has 0 radical (unpaired) electrons. The van der Waals surface area contributed by atoms with Crippen LogP contribution in [0.1, 0.15) is 25.3 Å². The molecule has 0 fully saturated rings. The van der Waals surface area contributed by atoms with Crippen molar-refractivity contribution in [3.05, 3.63) is 48.0 Å². The second-order valence-electron chi connectivity index (χ2n) is 6.31. The number of fused-ring (bicyclic) bond motifs is 1. The number of hydrogen-bond acceptors (Lipinski definition) is 5. The molecule has 2 aromatic rings. The van der Waals surface area contributed by atoms with Crippen molar-refractivity contribution in [1.82, 2.24) is 0 Å². The molecule has 0 saturated heterocycles. The van der Waals surface area contributed by atoms with Gasteiger partial charge in [-0.2, -0.15) is 8.42 Å². The molecule has 0 aliphatic rings. The lowest BCUT2D eigenvalue weighted by Crippen LogP contribution is -2.28. The van der Waals surface area contributed by atoms with Gasteiger partial charge in [0.15, 0.2) is 0 Å². The monoisotopic (exact) mass is 380 g/mol. The molecular formula is C20H28O5S. The quantitative estimate of drug-likeness (QED) is 0.416. The summed E-state index contributed by atoms with van der Waals surface area (Å²) >= 11 is 0. The molecule has 0 aliphatic carbocycles. The average Bonchev–Trinajstić information content (AvgIpc) is 2.60. The van der Waals surface area contributed by atoms with E-state index in [0.29, 0.717) is 13.2 Å². The highest BCUT2D eigenvalue weighted by atomic mass is 32.2. The Labute approximate surface area is 156 Å². The molecule has 2 rings (SSSR count). The first kappa shape index (κ1) is 20.8. The molecule has 0 amide bonds. The maximum absolute atomic E-state index is 11.3. The van der Waals surface area contributed by atoms with Crippen LogP contribution in [-0.2, 0) is 30.2 Å². The largest absolute Gasteiger partial charge is 0.379 e. The van der Waals surface area contributed by atoms with Crippen molar-refractivity contribution >= 4 is 20.9 Å². The molecule has 0 aliphatic heterocycles. The van der Waals surface area contributed by atoms with Gasteiger partial charge in [-0.05, 0) is 35.6 Å². The molecule has 26 heavy (non-hydrogen) atoms. The Morgan fingerprint density at radius 3 is 2.38 bits per heavy atom. The van der Waals surface area contributed by atoms with Gasteiger partial charge in [0.05, 0.1) is 19.5 Å². The van der Waals surface area contributed by atoms with E-state index in [1.807, 2.05) is 19.1 Å². The summed E-state index contributed by atoms with van der Waals surface area (Å²) in [7, 11) is -3.53. The highest BCUT2D eigenvalue weighted by Gasteiger charge is 2.16. The third kappa shape index (κ3) is 7.41. The zero-order valence-corrected chi connectivity index (χ0v) is 16.3. The summed E-state index contributed by atoms with van der Waals surface area (Å²) in [6, 6.07) is 14.6. The van der Waals surface area contributed by atoms with Crippen LogP contribution in [0.4, 0.5) is 0 Å². The maximum Gasteiger partial charge on any atom is 0.264 e. The van der Waals surface area contributed by atoms with Gasteiger partial charge in [0, 0.05) is 13.2 Å². The van der Waals surface area contributed by atoms with Crippen molar-refractivity contribution in [2.45, 2.75) is 32.3 Å². The number of benzene rings is 2. The minimum absolute atomic E-state index is 0.201. The first-order valence-corrected chi connectivity index (χ1v) is 10.8. The molecule has 0 heterocycles. The van der Waals surface area contributed by atoms with Crippen molar-refractivity contribution in [3.8, 4) is 0 Å². The summed E-state index contributed by atoms with van der Waals surface area (Å²) in [6.07, 6.45) is 3.08. The van der Waals surface area contributed by atoms with E-state index < -0.39 is 16.2 Å². The lowest BCUT2D eigenvalue weighted by molar-refractivity contribution is -0.00338. The molecule has 0 N–H and O–H groups in total. The number of aryl methyl sites for hydroxylation is 1. The van der Waals surface area contributed by atoms with Crippen LogP contribution < -0.4 is 0 Å². The molecular weight excluding hydrogens is 352 g/mol. The highest BCUT2D eigenvalue weighted by molar-refractivity contribution is 7.86. The van der Waals surface area contributed by atoms with Crippen LogP contribution in [0.15, 0.2) is 42.5 Å². The first-order chi connectivity index (χ1) is 12.5. The Morgan fingerprint density at radius 2 is 1.65 bits per heavy atom. The summed E-state index contributed by atoms with van der Waals surface area (Å²) in [6.45, 7) is 3.53. The van der Waals surface area contributed by atoms with E-state index in [4.69, 9.17) is 13.7 Å². The molecule has 1 atom stereocenters. The molecule has 0 aromatic heterocycles. The van der Waals surface area contributed by atoms with E-state index in [1.54, 1.807) is 0 Å². The second-order valence-corrected chi connectivity index (χ2v) is 7.91. The van der Waals surface area contributed by atoms with E-state index in [2.05, 4.69) is 30.3 Å². The van der Waals surface area contributed by atoms with Crippen molar-refractivity contribution in [2.24, 2.45) is 0 Å². The van der Waals surface area contributed by atoms with Gasteiger partial charge in [0.2, 0.25) is 0 Å². The lowest BCUT2D eigenvalue weighted by atomic mass is 10.0. The predicted octanol–water partition coefficient (Wildman–Crippen LogP) is 3.56. The minimum atomic E-state index is -3.53. The average molecular weight is 381 g/mol. The van der Waals surface area contributed by atoms with Crippen LogP contribution in [0.3, 0.4) is 0 Å². The van der Waals surface area contributed by atoms with Crippen LogP contribution in [0.5, 0.6) is 0 Å². The normalized spacial score (nSPS) is 13.2. The van der Waals surface area contributed by atoms with E-state index in [-0.39, 0.29) is 13.2 Å². The van der Waals surface area contributed by atoms with Gasteiger partial charge >= 0.3 is 0 Å². The third-order valence-corrected chi connectivity index (χ3v) is 4.50. The van der Waals surface area contributed by atoms with Crippen LogP contribution in [0.2, 0.25) is 0 Å². The molecule has 5 nitrogen and oxygen atoms in total. The first-order valence-electron chi connectivity index (χ1n) is 9.00. The van der Waals surface area contributed by atoms with Gasteiger partial charge in [-0.25, -0.2) is 0 Å². The van der Waals surface area contributed by atoms with E-state index in [9.17, 15) is 8.42 Å². The fourth-order valence-corrected chi connectivity index (χ4v) is 3.41. The minimum Gasteiger partial charge on any atom is -0.379 e.